The number of carbonyl (C=O) groups is 1. The van der Waals surface area contributed by atoms with Gasteiger partial charge in [0.25, 0.3) is 0 Å². The second kappa shape index (κ2) is 7.16. The SMILES string of the molecule is COc1cc2c(cc1NC(=O)C[C@H](C)c1ccccc1)oc1ccccc12. The standard InChI is InChI=1S/C23H21NO3/c1-15(16-8-4-3-5-9-16)12-23(25)24-19-14-21-18(13-22(19)26-2)17-10-6-7-11-20(17)27-21/h3-11,13-15H,12H2,1-2H3,(H,24,25)/t15-/m0/s1. The van der Waals surface area contributed by atoms with Crippen molar-refractivity contribution >= 4 is 33.5 Å². The van der Waals surface area contributed by atoms with E-state index in [4.69, 9.17) is 9.15 Å². The molecule has 0 aliphatic heterocycles. The number of benzene rings is 3. The molecule has 0 aliphatic carbocycles. The van der Waals surface area contributed by atoms with Crippen LogP contribution in [0.4, 0.5) is 5.69 Å². The fraction of sp³-hybridized carbons (Fsp3) is 0.174. The zero-order chi connectivity index (χ0) is 18.8. The Hall–Kier alpha value is -3.27. The Balaban J connectivity index is 1.61. The fourth-order valence-corrected chi connectivity index (χ4v) is 3.40. The summed E-state index contributed by atoms with van der Waals surface area (Å²) in [5.41, 5.74) is 3.31. The highest BCUT2D eigenvalue weighted by Crippen LogP contribution is 2.36. The van der Waals surface area contributed by atoms with Gasteiger partial charge in [0.2, 0.25) is 5.91 Å². The Morgan fingerprint density at radius 2 is 1.74 bits per heavy atom. The summed E-state index contributed by atoms with van der Waals surface area (Å²) < 4.78 is 11.4. The summed E-state index contributed by atoms with van der Waals surface area (Å²) in [5, 5.41) is 4.97. The van der Waals surface area contributed by atoms with E-state index in [0.717, 1.165) is 27.5 Å². The number of anilines is 1. The third kappa shape index (κ3) is 3.38. The van der Waals surface area contributed by atoms with Gasteiger partial charge in [-0.15, -0.1) is 0 Å². The lowest BCUT2D eigenvalue weighted by Gasteiger charge is -2.14. The Bertz CT molecular complexity index is 1100. The predicted molar refractivity (Wildman–Crippen MR) is 108 cm³/mol. The smallest absolute Gasteiger partial charge is 0.225 e. The number of rotatable bonds is 5. The van der Waals surface area contributed by atoms with Crippen LogP contribution < -0.4 is 10.1 Å². The molecule has 27 heavy (non-hydrogen) atoms. The van der Waals surface area contributed by atoms with Gasteiger partial charge in [0, 0.05) is 23.3 Å². The van der Waals surface area contributed by atoms with Crippen molar-refractivity contribution < 1.29 is 13.9 Å². The number of carbonyl (C=O) groups excluding carboxylic acids is 1. The first-order valence-electron chi connectivity index (χ1n) is 9.00. The third-order valence-corrected chi connectivity index (χ3v) is 4.83. The van der Waals surface area contributed by atoms with Crippen LogP contribution in [0.2, 0.25) is 0 Å². The molecule has 136 valence electrons. The monoisotopic (exact) mass is 359 g/mol. The molecule has 4 rings (SSSR count). The van der Waals surface area contributed by atoms with Crippen LogP contribution >= 0.6 is 0 Å². The van der Waals surface area contributed by atoms with Crippen LogP contribution in [0.1, 0.15) is 24.8 Å². The zero-order valence-corrected chi connectivity index (χ0v) is 15.4. The summed E-state index contributed by atoms with van der Waals surface area (Å²) in [6.45, 7) is 2.05. The number of nitrogens with one attached hydrogen (secondary N) is 1. The minimum Gasteiger partial charge on any atom is -0.495 e. The Kier molecular flexibility index (Phi) is 4.55. The predicted octanol–water partition coefficient (Wildman–Crippen LogP) is 5.73. The van der Waals surface area contributed by atoms with E-state index < -0.39 is 0 Å². The molecule has 0 saturated carbocycles. The van der Waals surface area contributed by atoms with Crippen LogP contribution in [-0.4, -0.2) is 13.0 Å². The average Bonchev–Trinajstić information content (AvgIpc) is 3.05. The highest BCUT2D eigenvalue weighted by Gasteiger charge is 2.16. The minimum absolute atomic E-state index is 0.0554. The maximum absolute atomic E-state index is 12.6. The van der Waals surface area contributed by atoms with Gasteiger partial charge in [0.1, 0.15) is 16.9 Å². The molecule has 1 atom stereocenters. The van der Waals surface area contributed by atoms with Gasteiger partial charge in [-0.25, -0.2) is 0 Å². The number of hydrogen-bond donors (Lipinski definition) is 1. The van der Waals surface area contributed by atoms with E-state index in [1.165, 1.54) is 0 Å². The molecule has 1 N–H and O–H groups in total. The molecule has 3 aromatic carbocycles. The maximum Gasteiger partial charge on any atom is 0.225 e. The lowest BCUT2D eigenvalue weighted by atomic mass is 9.97. The number of furan rings is 1. The lowest BCUT2D eigenvalue weighted by molar-refractivity contribution is -0.116. The first-order valence-corrected chi connectivity index (χ1v) is 9.00. The summed E-state index contributed by atoms with van der Waals surface area (Å²) in [5.74, 6) is 0.696. The molecule has 0 saturated heterocycles. The lowest BCUT2D eigenvalue weighted by Crippen LogP contribution is -2.15. The Morgan fingerprint density at radius 3 is 2.52 bits per heavy atom. The van der Waals surface area contributed by atoms with Crippen LogP contribution in [0.3, 0.4) is 0 Å². The molecule has 0 spiro atoms. The molecule has 4 aromatic rings. The van der Waals surface area contributed by atoms with Crippen LogP contribution in [-0.2, 0) is 4.79 Å². The molecule has 4 nitrogen and oxygen atoms in total. The topological polar surface area (TPSA) is 51.5 Å². The number of para-hydroxylation sites is 1. The van der Waals surface area contributed by atoms with Crippen LogP contribution in [0.15, 0.2) is 71.1 Å². The van der Waals surface area contributed by atoms with E-state index in [0.29, 0.717) is 17.9 Å². The highest BCUT2D eigenvalue weighted by molar-refractivity contribution is 6.07. The summed E-state index contributed by atoms with van der Waals surface area (Å²) >= 11 is 0. The van der Waals surface area contributed by atoms with Gasteiger partial charge in [-0.05, 0) is 23.6 Å². The van der Waals surface area contributed by atoms with Crippen LogP contribution in [0.25, 0.3) is 21.9 Å². The van der Waals surface area contributed by atoms with E-state index in [1.54, 1.807) is 7.11 Å². The molecule has 1 heterocycles. The molecule has 0 unspecified atom stereocenters. The van der Waals surface area contributed by atoms with Gasteiger partial charge in [-0.1, -0.05) is 55.5 Å². The van der Waals surface area contributed by atoms with Crippen LogP contribution in [0, 0.1) is 0 Å². The second-order valence-corrected chi connectivity index (χ2v) is 6.71. The molecule has 0 aliphatic rings. The molecule has 0 fully saturated rings. The Labute approximate surface area is 157 Å². The van der Waals surface area contributed by atoms with Gasteiger partial charge >= 0.3 is 0 Å². The first kappa shape index (κ1) is 17.2. The van der Waals surface area contributed by atoms with E-state index >= 15 is 0 Å². The molecular weight excluding hydrogens is 338 g/mol. The summed E-state index contributed by atoms with van der Waals surface area (Å²) in [4.78, 5) is 12.6. The molecular formula is C23H21NO3. The van der Waals surface area contributed by atoms with Gasteiger partial charge < -0.3 is 14.5 Å². The summed E-state index contributed by atoms with van der Waals surface area (Å²) in [6, 6.07) is 21.6. The summed E-state index contributed by atoms with van der Waals surface area (Å²) in [6.07, 6.45) is 0.394. The molecule has 0 radical (unpaired) electrons. The molecule has 4 heteroatoms. The van der Waals surface area contributed by atoms with Crippen molar-refractivity contribution in [1.29, 1.82) is 0 Å². The van der Waals surface area contributed by atoms with Crippen molar-refractivity contribution in [3.63, 3.8) is 0 Å². The fourth-order valence-electron chi connectivity index (χ4n) is 3.40. The van der Waals surface area contributed by atoms with Crippen molar-refractivity contribution in [1.82, 2.24) is 0 Å². The molecule has 1 aromatic heterocycles. The first-order chi connectivity index (χ1) is 13.2. The average molecular weight is 359 g/mol. The van der Waals surface area contributed by atoms with Gasteiger partial charge in [0.15, 0.2) is 0 Å². The van der Waals surface area contributed by atoms with E-state index in [2.05, 4.69) is 12.2 Å². The zero-order valence-electron chi connectivity index (χ0n) is 15.4. The minimum atomic E-state index is -0.0554. The summed E-state index contributed by atoms with van der Waals surface area (Å²) in [7, 11) is 1.60. The normalized spacial score (nSPS) is 12.2. The van der Waals surface area contributed by atoms with Gasteiger partial charge in [-0.3, -0.25) is 4.79 Å². The number of fused-ring (bicyclic) bond motifs is 3. The number of amides is 1. The number of methoxy groups -OCH3 is 1. The quantitative estimate of drug-likeness (QED) is 0.495. The van der Waals surface area contributed by atoms with Gasteiger partial charge in [-0.2, -0.15) is 0 Å². The van der Waals surface area contributed by atoms with Crippen molar-refractivity contribution in [3.05, 3.63) is 72.3 Å². The number of ether oxygens (including phenoxy) is 1. The van der Waals surface area contributed by atoms with E-state index in [-0.39, 0.29) is 11.8 Å². The van der Waals surface area contributed by atoms with Crippen LogP contribution in [0.5, 0.6) is 5.75 Å². The molecule has 1 amide bonds. The number of hydrogen-bond acceptors (Lipinski definition) is 3. The maximum atomic E-state index is 12.6. The Morgan fingerprint density at radius 1 is 1.00 bits per heavy atom. The van der Waals surface area contributed by atoms with E-state index in [9.17, 15) is 4.79 Å². The van der Waals surface area contributed by atoms with E-state index in [1.807, 2.05) is 66.7 Å². The highest BCUT2D eigenvalue weighted by atomic mass is 16.5. The van der Waals surface area contributed by atoms with Crippen molar-refractivity contribution in [2.24, 2.45) is 0 Å². The van der Waals surface area contributed by atoms with Crippen molar-refractivity contribution in [2.75, 3.05) is 12.4 Å². The second-order valence-electron chi connectivity index (χ2n) is 6.71. The largest absolute Gasteiger partial charge is 0.495 e. The van der Waals surface area contributed by atoms with Crippen molar-refractivity contribution in [3.8, 4) is 5.75 Å². The van der Waals surface area contributed by atoms with Gasteiger partial charge in [0.05, 0.1) is 12.8 Å². The van der Waals surface area contributed by atoms with Crippen molar-refractivity contribution in [2.45, 2.75) is 19.3 Å². The molecule has 0 bridgehead atoms. The third-order valence-electron chi connectivity index (χ3n) is 4.83.